The van der Waals surface area contributed by atoms with Crippen LogP contribution in [0.2, 0.25) is 0 Å². The SMILES string of the molecule is O=C(O)C(CNC(=O)C1CCCO1)Cc1ccccc1. The van der Waals surface area contributed by atoms with Crippen LogP contribution >= 0.6 is 0 Å². The molecule has 1 aliphatic heterocycles. The summed E-state index contributed by atoms with van der Waals surface area (Å²) in [7, 11) is 0. The van der Waals surface area contributed by atoms with Gasteiger partial charge in [-0.3, -0.25) is 9.59 Å². The molecule has 0 bridgehead atoms. The van der Waals surface area contributed by atoms with E-state index in [2.05, 4.69) is 5.32 Å². The third-order valence-corrected chi connectivity index (χ3v) is 3.42. The molecule has 20 heavy (non-hydrogen) atoms. The van der Waals surface area contributed by atoms with Crippen molar-refractivity contribution in [3.8, 4) is 0 Å². The molecular formula is C15H19NO4. The van der Waals surface area contributed by atoms with Gasteiger partial charge in [0.1, 0.15) is 6.10 Å². The van der Waals surface area contributed by atoms with E-state index in [1.54, 1.807) is 0 Å². The van der Waals surface area contributed by atoms with Crippen molar-refractivity contribution in [2.45, 2.75) is 25.4 Å². The lowest BCUT2D eigenvalue weighted by atomic mass is 9.99. The zero-order valence-corrected chi connectivity index (χ0v) is 11.2. The van der Waals surface area contributed by atoms with Crippen molar-refractivity contribution < 1.29 is 19.4 Å². The van der Waals surface area contributed by atoms with E-state index in [0.717, 1.165) is 12.0 Å². The molecule has 0 aromatic heterocycles. The molecule has 0 saturated carbocycles. The van der Waals surface area contributed by atoms with Crippen molar-refractivity contribution in [1.29, 1.82) is 0 Å². The van der Waals surface area contributed by atoms with Gasteiger partial charge in [-0.05, 0) is 24.8 Å². The summed E-state index contributed by atoms with van der Waals surface area (Å²) < 4.78 is 5.27. The quantitative estimate of drug-likeness (QED) is 0.820. The molecule has 1 saturated heterocycles. The maximum atomic E-state index is 11.8. The fourth-order valence-corrected chi connectivity index (χ4v) is 2.27. The summed E-state index contributed by atoms with van der Waals surface area (Å²) in [6.45, 7) is 0.730. The molecule has 0 radical (unpaired) electrons. The first-order valence-corrected chi connectivity index (χ1v) is 6.83. The van der Waals surface area contributed by atoms with Gasteiger partial charge >= 0.3 is 5.97 Å². The summed E-state index contributed by atoms with van der Waals surface area (Å²) in [4.78, 5) is 23.1. The number of carboxylic acids is 1. The van der Waals surface area contributed by atoms with Gasteiger partial charge in [0.05, 0.1) is 5.92 Å². The zero-order valence-electron chi connectivity index (χ0n) is 11.2. The molecule has 1 fully saturated rings. The van der Waals surface area contributed by atoms with Gasteiger partial charge < -0.3 is 15.2 Å². The van der Waals surface area contributed by atoms with Crippen LogP contribution in [0.4, 0.5) is 0 Å². The molecule has 2 N–H and O–H groups in total. The van der Waals surface area contributed by atoms with Crippen LogP contribution in [-0.4, -0.2) is 36.2 Å². The zero-order chi connectivity index (χ0) is 14.4. The monoisotopic (exact) mass is 277 g/mol. The molecule has 5 heteroatoms. The summed E-state index contributed by atoms with van der Waals surface area (Å²) in [5.74, 6) is -1.73. The highest BCUT2D eigenvalue weighted by Gasteiger charge is 2.25. The largest absolute Gasteiger partial charge is 0.481 e. The van der Waals surface area contributed by atoms with Crippen molar-refractivity contribution in [2.24, 2.45) is 5.92 Å². The molecule has 0 aliphatic carbocycles. The standard InChI is InChI=1S/C15H19NO4/c17-14(13-7-4-8-20-13)16-10-12(15(18)19)9-11-5-2-1-3-6-11/h1-3,5-6,12-13H,4,7-10H2,(H,16,17)(H,18,19). The van der Waals surface area contributed by atoms with Crippen LogP contribution in [0.15, 0.2) is 30.3 Å². The van der Waals surface area contributed by atoms with Gasteiger partial charge in [0.15, 0.2) is 0 Å². The normalized spacial score (nSPS) is 19.5. The van der Waals surface area contributed by atoms with E-state index in [1.165, 1.54) is 0 Å². The second kappa shape index (κ2) is 7.05. The van der Waals surface area contributed by atoms with Crippen LogP contribution in [-0.2, 0) is 20.7 Å². The van der Waals surface area contributed by atoms with Crippen LogP contribution in [0.3, 0.4) is 0 Å². The lowest BCUT2D eigenvalue weighted by Gasteiger charge is -2.15. The Morgan fingerprint density at radius 1 is 1.35 bits per heavy atom. The van der Waals surface area contributed by atoms with Crippen LogP contribution in [0.25, 0.3) is 0 Å². The van der Waals surface area contributed by atoms with Crippen LogP contribution in [0.5, 0.6) is 0 Å². The van der Waals surface area contributed by atoms with Gasteiger partial charge in [0.2, 0.25) is 5.91 Å². The maximum Gasteiger partial charge on any atom is 0.308 e. The van der Waals surface area contributed by atoms with Gasteiger partial charge in [0, 0.05) is 13.2 Å². The Hall–Kier alpha value is -1.88. The van der Waals surface area contributed by atoms with Crippen molar-refractivity contribution in [3.63, 3.8) is 0 Å². The number of carbonyl (C=O) groups excluding carboxylic acids is 1. The van der Waals surface area contributed by atoms with E-state index >= 15 is 0 Å². The summed E-state index contributed by atoms with van der Waals surface area (Å²) >= 11 is 0. The third-order valence-electron chi connectivity index (χ3n) is 3.42. The minimum Gasteiger partial charge on any atom is -0.481 e. The predicted octanol–water partition coefficient (Wildman–Crippen LogP) is 1.23. The molecule has 2 rings (SSSR count). The molecule has 1 heterocycles. The van der Waals surface area contributed by atoms with E-state index in [4.69, 9.17) is 4.74 Å². The third kappa shape index (κ3) is 4.06. The number of nitrogens with one attached hydrogen (secondary N) is 1. The second-order valence-electron chi connectivity index (χ2n) is 4.97. The fraction of sp³-hybridized carbons (Fsp3) is 0.467. The van der Waals surface area contributed by atoms with Crippen molar-refractivity contribution in [2.75, 3.05) is 13.2 Å². The lowest BCUT2D eigenvalue weighted by Crippen LogP contribution is -2.39. The van der Waals surface area contributed by atoms with Crippen LogP contribution < -0.4 is 5.32 Å². The summed E-state index contributed by atoms with van der Waals surface area (Å²) in [6, 6.07) is 9.41. The van der Waals surface area contributed by atoms with Gasteiger partial charge in [-0.2, -0.15) is 0 Å². The Morgan fingerprint density at radius 3 is 2.70 bits per heavy atom. The molecule has 1 amide bonds. The van der Waals surface area contributed by atoms with Gasteiger partial charge in [-0.25, -0.2) is 0 Å². The van der Waals surface area contributed by atoms with E-state index in [1.807, 2.05) is 30.3 Å². The molecule has 1 aromatic rings. The second-order valence-corrected chi connectivity index (χ2v) is 4.97. The molecule has 108 valence electrons. The number of benzene rings is 1. The molecule has 1 aliphatic rings. The van der Waals surface area contributed by atoms with Gasteiger partial charge in [-0.1, -0.05) is 30.3 Å². The molecule has 5 nitrogen and oxygen atoms in total. The van der Waals surface area contributed by atoms with E-state index in [9.17, 15) is 14.7 Å². The number of rotatable bonds is 6. The topological polar surface area (TPSA) is 75.6 Å². The Bertz CT molecular complexity index is 454. The highest BCUT2D eigenvalue weighted by Crippen LogP contribution is 2.13. The van der Waals surface area contributed by atoms with Crippen molar-refractivity contribution in [1.82, 2.24) is 5.32 Å². The van der Waals surface area contributed by atoms with Crippen LogP contribution in [0.1, 0.15) is 18.4 Å². The number of carboxylic acid groups (broad SMARTS) is 1. The van der Waals surface area contributed by atoms with E-state index in [-0.39, 0.29) is 12.5 Å². The Balaban J connectivity index is 1.86. The lowest BCUT2D eigenvalue weighted by molar-refractivity contribution is -0.141. The number of hydrogen-bond acceptors (Lipinski definition) is 3. The molecule has 1 aromatic carbocycles. The Labute approximate surface area is 117 Å². The molecule has 2 unspecified atom stereocenters. The summed E-state index contributed by atoms with van der Waals surface area (Å²) in [5, 5.41) is 11.9. The smallest absolute Gasteiger partial charge is 0.308 e. The average Bonchev–Trinajstić information content (AvgIpc) is 2.98. The van der Waals surface area contributed by atoms with Gasteiger partial charge in [0.25, 0.3) is 0 Å². The van der Waals surface area contributed by atoms with E-state index in [0.29, 0.717) is 19.4 Å². The molecular weight excluding hydrogens is 258 g/mol. The number of ether oxygens (including phenoxy) is 1. The number of amides is 1. The highest BCUT2D eigenvalue weighted by atomic mass is 16.5. The highest BCUT2D eigenvalue weighted by molar-refractivity contribution is 5.81. The maximum absolute atomic E-state index is 11.8. The first-order valence-electron chi connectivity index (χ1n) is 6.83. The minimum absolute atomic E-state index is 0.128. The summed E-state index contributed by atoms with van der Waals surface area (Å²) in [6.07, 6.45) is 1.58. The van der Waals surface area contributed by atoms with E-state index < -0.39 is 18.0 Å². The van der Waals surface area contributed by atoms with Crippen LogP contribution in [0, 0.1) is 5.92 Å². The number of aliphatic carboxylic acids is 1. The first kappa shape index (κ1) is 14.5. The Morgan fingerprint density at radius 2 is 2.10 bits per heavy atom. The van der Waals surface area contributed by atoms with Crippen molar-refractivity contribution in [3.05, 3.63) is 35.9 Å². The molecule has 0 spiro atoms. The first-order chi connectivity index (χ1) is 9.66. The number of carbonyl (C=O) groups is 2. The summed E-state index contributed by atoms with van der Waals surface area (Å²) in [5.41, 5.74) is 0.950. The molecule has 2 atom stereocenters. The predicted molar refractivity (Wildman–Crippen MR) is 73.3 cm³/mol. The van der Waals surface area contributed by atoms with Crippen molar-refractivity contribution >= 4 is 11.9 Å². The fourth-order valence-electron chi connectivity index (χ4n) is 2.27. The Kier molecular flexibility index (Phi) is 5.12. The van der Waals surface area contributed by atoms with Gasteiger partial charge in [-0.15, -0.1) is 0 Å². The average molecular weight is 277 g/mol. The number of hydrogen-bond donors (Lipinski definition) is 2. The minimum atomic E-state index is -0.901.